The largest absolute Gasteiger partial charge is 0.662 e. The Balaban J connectivity index is 0.00000112. The van der Waals surface area contributed by atoms with Crippen molar-refractivity contribution in [3.63, 3.8) is 0 Å². The second-order valence-corrected chi connectivity index (χ2v) is 3.85. The van der Waals surface area contributed by atoms with Crippen molar-refractivity contribution in [1.29, 1.82) is 0 Å². The molecule has 0 aromatic carbocycles. The van der Waals surface area contributed by atoms with E-state index in [1.807, 2.05) is 11.8 Å². The van der Waals surface area contributed by atoms with Crippen molar-refractivity contribution in [2.24, 2.45) is 0 Å². The van der Waals surface area contributed by atoms with Gasteiger partial charge in [-0.05, 0) is 19.8 Å². The molecule has 0 aromatic heterocycles. The van der Waals surface area contributed by atoms with E-state index in [2.05, 4.69) is 5.32 Å². The summed E-state index contributed by atoms with van der Waals surface area (Å²) >= 11 is 0. The first-order valence-corrected chi connectivity index (χ1v) is 5.36. The third-order valence-corrected chi connectivity index (χ3v) is 3.12. The van der Waals surface area contributed by atoms with E-state index in [0.29, 0.717) is 13.0 Å². The Hall–Kier alpha value is 0.494. The van der Waals surface area contributed by atoms with Crippen molar-refractivity contribution < 1.29 is 42.2 Å². The van der Waals surface area contributed by atoms with Gasteiger partial charge in [-0.3, -0.25) is 4.79 Å². The maximum absolute atomic E-state index is 11.7. The Kier molecular flexibility index (Phi) is 7.26. The summed E-state index contributed by atoms with van der Waals surface area (Å²) in [6.45, 7) is 4.99. The van der Waals surface area contributed by atoms with Crippen molar-refractivity contribution in [1.82, 2.24) is 4.90 Å². The van der Waals surface area contributed by atoms with Crippen LogP contribution in [0.15, 0.2) is 0 Å². The van der Waals surface area contributed by atoms with E-state index in [1.165, 1.54) is 0 Å². The van der Waals surface area contributed by atoms with E-state index in [9.17, 15) is 4.79 Å². The Morgan fingerprint density at radius 3 is 2.62 bits per heavy atom. The maximum Gasteiger partial charge on any atom is 0.227 e. The number of piperidine rings is 1. The molecule has 5 heteroatoms. The summed E-state index contributed by atoms with van der Waals surface area (Å²) in [5.41, 5.74) is -0.314. The molecule has 2 aliphatic heterocycles. The van der Waals surface area contributed by atoms with Crippen molar-refractivity contribution in [3.8, 4) is 0 Å². The second-order valence-electron chi connectivity index (χ2n) is 3.85. The van der Waals surface area contributed by atoms with E-state index < -0.39 is 0 Å². The van der Waals surface area contributed by atoms with Crippen LogP contribution < -0.4 is 0 Å². The minimum Gasteiger partial charge on any atom is -0.662 e. The van der Waals surface area contributed by atoms with E-state index in [-0.39, 0.29) is 51.8 Å². The number of hydrogen-bond donors (Lipinski definition) is 0. The van der Waals surface area contributed by atoms with Gasteiger partial charge in [0, 0.05) is 39.3 Å². The predicted octanol–water partition coefficient (Wildman–Crippen LogP) is 1.57. The number of rotatable bonds is 1. The fraction of sp³-hybridized carbons (Fsp3) is 0.818. The quantitative estimate of drug-likeness (QED) is 0.690. The number of nitrogens with zero attached hydrogens (tertiary/aromatic N) is 2. The molecule has 0 aliphatic carbocycles. The molecule has 91 valence electrons. The molecular formula is C11H20N2O2Y-2. The molecular weight excluding hydrogens is 281 g/mol. The SMILES string of the molecule is CCN1C(=O)CCOC12CC[N-]CC2.[CH3-].[Y]. The molecule has 1 amide bonds. The van der Waals surface area contributed by atoms with Gasteiger partial charge in [0.2, 0.25) is 5.91 Å². The average molecular weight is 301 g/mol. The summed E-state index contributed by atoms with van der Waals surface area (Å²) < 4.78 is 5.83. The summed E-state index contributed by atoms with van der Waals surface area (Å²) in [6, 6.07) is 0. The normalized spacial score (nSPS) is 23.6. The van der Waals surface area contributed by atoms with Crippen LogP contribution in [0.4, 0.5) is 0 Å². The molecule has 2 rings (SSSR count). The van der Waals surface area contributed by atoms with Crippen LogP contribution in [0.25, 0.3) is 5.32 Å². The van der Waals surface area contributed by atoms with Gasteiger partial charge in [0.1, 0.15) is 5.72 Å². The van der Waals surface area contributed by atoms with Gasteiger partial charge in [-0.2, -0.15) is 0 Å². The Bertz CT molecular complexity index is 225. The Morgan fingerprint density at radius 2 is 2.06 bits per heavy atom. The van der Waals surface area contributed by atoms with Gasteiger partial charge < -0.3 is 22.4 Å². The Labute approximate surface area is 123 Å². The molecule has 0 saturated carbocycles. The zero-order chi connectivity index (χ0) is 10.0. The van der Waals surface area contributed by atoms with Gasteiger partial charge in [0.25, 0.3) is 0 Å². The van der Waals surface area contributed by atoms with Crippen LogP contribution in [0.1, 0.15) is 26.2 Å². The van der Waals surface area contributed by atoms with Crippen LogP contribution >= 0.6 is 0 Å². The van der Waals surface area contributed by atoms with E-state index in [4.69, 9.17) is 4.74 Å². The van der Waals surface area contributed by atoms with Crippen molar-refractivity contribution >= 4 is 5.91 Å². The van der Waals surface area contributed by atoms with Gasteiger partial charge in [-0.15, -0.1) is 13.1 Å². The van der Waals surface area contributed by atoms with Gasteiger partial charge >= 0.3 is 0 Å². The third-order valence-electron chi connectivity index (χ3n) is 3.12. The number of hydrogen-bond acceptors (Lipinski definition) is 2. The smallest absolute Gasteiger partial charge is 0.227 e. The van der Waals surface area contributed by atoms with Crippen LogP contribution in [-0.2, 0) is 42.2 Å². The van der Waals surface area contributed by atoms with Gasteiger partial charge in [0.15, 0.2) is 0 Å². The van der Waals surface area contributed by atoms with Crippen molar-refractivity contribution in [2.45, 2.75) is 31.9 Å². The molecule has 1 spiro atoms. The second kappa shape index (κ2) is 7.05. The van der Waals surface area contributed by atoms with Crippen molar-refractivity contribution in [2.75, 3.05) is 26.2 Å². The molecule has 0 N–H and O–H groups in total. The van der Waals surface area contributed by atoms with Crippen molar-refractivity contribution in [3.05, 3.63) is 12.7 Å². The summed E-state index contributed by atoms with van der Waals surface area (Å²) in [6.07, 6.45) is 2.27. The zero-order valence-electron chi connectivity index (χ0n) is 10.2. The topological polar surface area (TPSA) is 43.6 Å². The molecule has 16 heavy (non-hydrogen) atoms. The minimum absolute atomic E-state index is 0. The van der Waals surface area contributed by atoms with Crippen LogP contribution in [0, 0.1) is 7.43 Å². The van der Waals surface area contributed by atoms with E-state index >= 15 is 0 Å². The Morgan fingerprint density at radius 1 is 1.44 bits per heavy atom. The summed E-state index contributed by atoms with van der Waals surface area (Å²) in [7, 11) is 0. The van der Waals surface area contributed by atoms with E-state index in [1.54, 1.807) is 0 Å². The van der Waals surface area contributed by atoms with Gasteiger partial charge in [-0.1, -0.05) is 0 Å². The predicted molar refractivity (Wildman–Crippen MR) is 59.4 cm³/mol. The van der Waals surface area contributed by atoms with Gasteiger partial charge in [0.05, 0.1) is 13.0 Å². The molecule has 0 bridgehead atoms. The number of ether oxygens (including phenoxy) is 1. The summed E-state index contributed by atoms with van der Waals surface area (Å²) in [5.74, 6) is 0.237. The first-order chi connectivity index (χ1) is 6.78. The van der Waals surface area contributed by atoms with E-state index in [0.717, 1.165) is 32.5 Å². The minimum atomic E-state index is -0.314. The van der Waals surface area contributed by atoms with Crippen LogP contribution in [-0.4, -0.2) is 42.8 Å². The molecule has 2 fully saturated rings. The molecule has 0 atom stereocenters. The van der Waals surface area contributed by atoms with Crippen LogP contribution in [0.3, 0.4) is 0 Å². The molecule has 4 nitrogen and oxygen atoms in total. The molecule has 0 aromatic rings. The van der Waals surface area contributed by atoms with Gasteiger partial charge in [-0.25, -0.2) is 0 Å². The number of carbonyl (C=O) groups is 1. The summed E-state index contributed by atoms with van der Waals surface area (Å²) in [4.78, 5) is 13.6. The summed E-state index contributed by atoms with van der Waals surface area (Å²) in [5, 5.41) is 4.30. The molecule has 0 unspecified atom stereocenters. The molecule has 2 saturated heterocycles. The van der Waals surface area contributed by atoms with Crippen LogP contribution in [0.2, 0.25) is 0 Å². The maximum atomic E-state index is 11.7. The number of carbonyl (C=O) groups excluding carboxylic acids is 1. The zero-order valence-corrected chi connectivity index (χ0v) is 13.1. The molecule has 2 heterocycles. The fourth-order valence-corrected chi connectivity index (χ4v) is 2.39. The first-order valence-electron chi connectivity index (χ1n) is 5.36. The number of amides is 1. The average Bonchev–Trinajstić information content (AvgIpc) is 2.19. The molecule has 2 aliphatic rings. The van der Waals surface area contributed by atoms with Crippen LogP contribution in [0.5, 0.6) is 0 Å². The standard InChI is InChI=1S/C10H17N2O2.CH3.Y/c1-2-12-9(13)3-8-14-10(12)4-6-11-7-5-10;;/h2-8H2,1H3;1H3;/q2*-1;. The monoisotopic (exact) mass is 301 g/mol. The fourth-order valence-electron chi connectivity index (χ4n) is 2.39. The molecule has 1 radical (unpaired) electrons. The first kappa shape index (κ1) is 16.5. The third kappa shape index (κ3) is 3.03.